The summed E-state index contributed by atoms with van der Waals surface area (Å²) in [5, 5.41) is 0.256. The monoisotopic (exact) mass is 186 g/mol. The molecule has 0 unspecified atom stereocenters. The third kappa shape index (κ3) is 2.14. The van der Waals surface area contributed by atoms with Gasteiger partial charge < -0.3 is 0 Å². The Hall–Kier alpha value is -0.703. The van der Waals surface area contributed by atoms with Crippen LogP contribution < -0.4 is 5.19 Å². The molecule has 1 aromatic carbocycles. The van der Waals surface area contributed by atoms with Crippen molar-refractivity contribution in [3.63, 3.8) is 0 Å². The second kappa shape index (κ2) is 3.80. The molecule has 12 heavy (non-hydrogen) atoms. The van der Waals surface area contributed by atoms with E-state index in [2.05, 4.69) is 0 Å². The maximum absolute atomic E-state index is 13.3. The summed E-state index contributed by atoms with van der Waals surface area (Å²) < 4.78 is 26.6. The van der Waals surface area contributed by atoms with Crippen molar-refractivity contribution < 1.29 is 8.22 Å². The van der Waals surface area contributed by atoms with E-state index in [1.807, 2.05) is 0 Å². The summed E-state index contributed by atoms with van der Waals surface area (Å²) in [7, 11) is -4.08. The van der Waals surface area contributed by atoms with Crippen LogP contribution in [0.1, 0.15) is 13.3 Å². The lowest BCUT2D eigenvalue weighted by atomic mass is 10.4. The highest BCUT2D eigenvalue weighted by Gasteiger charge is 2.35. The molecule has 66 valence electrons. The molecule has 3 heteroatoms. The topological polar surface area (TPSA) is 0 Å². The minimum Gasteiger partial charge on any atom is -0.265 e. The summed E-state index contributed by atoms with van der Waals surface area (Å²) in [6.45, 7) is 1.80. The van der Waals surface area contributed by atoms with E-state index in [4.69, 9.17) is 0 Å². The van der Waals surface area contributed by atoms with Crippen molar-refractivity contribution in [1.29, 1.82) is 0 Å². The zero-order valence-corrected chi connectivity index (χ0v) is 8.06. The van der Waals surface area contributed by atoms with Crippen molar-refractivity contribution in [3.8, 4) is 0 Å². The molecule has 0 atom stereocenters. The molecule has 1 aromatic rings. The van der Waals surface area contributed by atoms with E-state index in [0.717, 1.165) is 0 Å². The van der Waals surface area contributed by atoms with Gasteiger partial charge in [0.25, 0.3) is 0 Å². The van der Waals surface area contributed by atoms with Gasteiger partial charge in [0.15, 0.2) is 0 Å². The Bertz CT molecular complexity index is 234. The molecule has 0 N–H and O–H groups in total. The van der Waals surface area contributed by atoms with Gasteiger partial charge in [-0.1, -0.05) is 43.7 Å². The average Bonchev–Trinajstić information content (AvgIpc) is 2.06. The molecule has 0 fully saturated rings. The molecule has 0 aliphatic rings. The molecule has 0 saturated carbocycles. The van der Waals surface area contributed by atoms with Gasteiger partial charge in [-0.2, -0.15) is 0 Å². The van der Waals surface area contributed by atoms with Gasteiger partial charge in [-0.15, -0.1) is 0 Å². The fourth-order valence-electron chi connectivity index (χ4n) is 1.14. The third-order valence-corrected chi connectivity index (χ3v) is 4.07. The van der Waals surface area contributed by atoms with Gasteiger partial charge in [-0.05, 0) is 0 Å². The van der Waals surface area contributed by atoms with Gasteiger partial charge in [-0.25, -0.2) is 0 Å². The van der Waals surface area contributed by atoms with E-state index < -0.39 is 8.74 Å². The smallest absolute Gasteiger partial charge is 0.265 e. The molecule has 0 aliphatic heterocycles. The lowest BCUT2D eigenvalue weighted by molar-refractivity contribution is 0.615. The van der Waals surface area contributed by atoms with Crippen LogP contribution in [0.4, 0.5) is 8.22 Å². The SMILES string of the molecule is CCC[Si](F)(F)c1ccccc1. The molecule has 0 amide bonds. The summed E-state index contributed by atoms with van der Waals surface area (Å²) >= 11 is 0. The standard InChI is InChI=1S/C9H12F2Si/c1-2-8-12(10,11)9-6-4-3-5-7-9/h3-7H,2,8H2,1H3. The van der Waals surface area contributed by atoms with Gasteiger partial charge in [0.1, 0.15) is 0 Å². The van der Waals surface area contributed by atoms with Crippen LogP contribution in [0.25, 0.3) is 0 Å². The Morgan fingerprint density at radius 1 is 1.17 bits per heavy atom. The highest BCUT2D eigenvalue weighted by Crippen LogP contribution is 2.15. The van der Waals surface area contributed by atoms with Crippen molar-refractivity contribution in [1.82, 2.24) is 0 Å². The number of rotatable bonds is 3. The first kappa shape index (κ1) is 9.39. The van der Waals surface area contributed by atoms with Gasteiger partial charge in [0.2, 0.25) is 0 Å². The van der Waals surface area contributed by atoms with Crippen molar-refractivity contribution in [3.05, 3.63) is 30.3 Å². The maximum Gasteiger partial charge on any atom is 0.455 e. The first-order chi connectivity index (χ1) is 5.67. The van der Waals surface area contributed by atoms with Crippen LogP contribution in [0.15, 0.2) is 30.3 Å². The summed E-state index contributed by atoms with van der Waals surface area (Å²) in [5.74, 6) is 0. The van der Waals surface area contributed by atoms with Gasteiger partial charge in [0, 0.05) is 11.2 Å². The van der Waals surface area contributed by atoms with Crippen molar-refractivity contribution >= 4 is 13.9 Å². The Morgan fingerprint density at radius 2 is 1.75 bits per heavy atom. The molecule has 0 nitrogen and oxygen atoms in total. The zero-order chi connectivity index (χ0) is 9.03. The van der Waals surface area contributed by atoms with Crippen molar-refractivity contribution in [2.45, 2.75) is 19.4 Å². The minimum absolute atomic E-state index is 0.0665. The average molecular weight is 186 g/mol. The summed E-state index contributed by atoms with van der Waals surface area (Å²) in [6.07, 6.45) is 0.564. The predicted octanol–water partition coefficient (Wildman–Crippen LogP) is 2.68. The molecule has 0 aromatic heterocycles. The largest absolute Gasteiger partial charge is 0.455 e. The van der Waals surface area contributed by atoms with Crippen LogP contribution in [0.3, 0.4) is 0 Å². The maximum atomic E-state index is 13.3. The third-order valence-electron chi connectivity index (χ3n) is 1.76. The second-order valence-corrected chi connectivity index (χ2v) is 5.31. The van der Waals surface area contributed by atoms with Gasteiger partial charge in [0.05, 0.1) is 0 Å². The number of hydrogen-bond donors (Lipinski definition) is 0. The van der Waals surface area contributed by atoms with E-state index in [0.29, 0.717) is 6.42 Å². The zero-order valence-electron chi connectivity index (χ0n) is 7.06. The van der Waals surface area contributed by atoms with Crippen molar-refractivity contribution in [2.24, 2.45) is 0 Å². The lowest BCUT2D eigenvalue weighted by Gasteiger charge is -2.10. The van der Waals surface area contributed by atoms with E-state index in [9.17, 15) is 8.22 Å². The van der Waals surface area contributed by atoms with E-state index in [1.165, 1.54) is 12.1 Å². The molecule has 0 bridgehead atoms. The number of halogens is 2. The van der Waals surface area contributed by atoms with Crippen LogP contribution in [-0.2, 0) is 0 Å². The van der Waals surface area contributed by atoms with Crippen LogP contribution >= 0.6 is 0 Å². The lowest BCUT2D eigenvalue weighted by Crippen LogP contribution is -2.38. The molecule has 0 aliphatic carbocycles. The minimum atomic E-state index is -4.08. The molecule has 0 saturated heterocycles. The Morgan fingerprint density at radius 3 is 2.25 bits per heavy atom. The van der Waals surface area contributed by atoms with Gasteiger partial charge in [-0.3, -0.25) is 8.22 Å². The molecule has 1 rings (SSSR count). The Balaban J connectivity index is 2.82. The van der Waals surface area contributed by atoms with Crippen LogP contribution in [0.2, 0.25) is 6.04 Å². The molecular weight excluding hydrogens is 174 g/mol. The Labute approximate surface area is 72.6 Å². The van der Waals surface area contributed by atoms with Gasteiger partial charge >= 0.3 is 8.74 Å². The fraction of sp³-hybridized carbons (Fsp3) is 0.333. The van der Waals surface area contributed by atoms with Crippen LogP contribution in [-0.4, -0.2) is 8.74 Å². The fourth-order valence-corrected chi connectivity index (χ4v) is 2.74. The van der Waals surface area contributed by atoms with Crippen LogP contribution in [0.5, 0.6) is 0 Å². The molecule has 0 radical (unpaired) electrons. The normalized spacial score (nSPS) is 11.6. The molecular formula is C9H12F2Si. The van der Waals surface area contributed by atoms with Crippen molar-refractivity contribution in [2.75, 3.05) is 0 Å². The molecule has 0 heterocycles. The Kier molecular flexibility index (Phi) is 2.97. The first-order valence-electron chi connectivity index (χ1n) is 4.10. The summed E-state index contributed by atoms with van der Waals surface area (Å²) in [6, 6.07) is 8.23. The number of hydrogen-bond acceptors (Lipinski definition) is 0. The highest BCUT2D eigenvalue weighted by atomic mass is 28.4. The second-order valence-electron chi connectivity index (χ2n) is 2.82. The first-order valence-corrected chi connectivity index (χ1v) is 6.06. The predicted molar refractivity (Wildman–Crippen MR) is 49.1 cm³/mol. The van der Waals surface area contributed by atoms with E-state index >= 15 is 0 Å². The highest BCUT2D eigenvalue weighted by molar-refractivity contribution is 6.79. The quantitative estimate of drug-likeness (QED) is 0.503. The summed E-state index contributed by atoms with van der Waals surface area (Å²) in [5.41, 5.74) is 0. The molecule has 0 spiro atoms. The summed E-state index contributed by atoms with van der Waals surface area (Å²) in [4.78, 5) is 0. The van der Waals surface area contributed by atoms with E-state index in [1.54, 1.807) is 25.1 Å². The van der Waals surface area contributed by atoms with E-state index in [-0.39, 0.29) is 11.2 Å². The number of benzene rings is 1. The van der Waals surface area contributed by atoms with Crippen LogP contribution in [0, 0.1) is 0 Å².